The Bertz CT molecular complexity index is 1080. The Morgan fingerprint density at radius 2 is 0.653 bits per heavy atom. The second-order valence-corrected chi connectivity index (χ2v) is 22.8. The van der Waals surface area contributed by atoms with Gasteiger partial charge in [0, 0.05) is 12.8 Å². The Morgan fingerprint density at radius 3 is 0.986 bits per heavy atom. The number of hydrogen-bond donors (Lipinski definition) is 3. The van der Waals surface area contributed by atoms with Gasteiger partial charge in [0.1, 0.15) is 0 Å². The third-order valence-corrected chi connectivity index (χ3v) is 15.6. The van der Waals surface area contributed by atoms with Gasteiger partial charge in [0.2, 0.25) is 5.91 Å². The van der Waals surface area contributed by atoms with Gasteiger partial charge in [-0.05, 0) is 51.4 Å². The number of nitrogens with one attached hydrogen (secondary N) is 1. The molecule has 3 N–H and O–H groups in total. The molecule has 0 radical (unpaired) electrons. The highest BCUT2D eigenvalue weighted by Gasteiger charge is 2.20. The zero-order valence-corrected chi connectivity index (χ0v) is 48.9. The molecule has 0 rings (SSSR count). The highest BCUT2D eigenvalue weighted by Crippen LogP contribution is 2.19. The number of carbonyl (C=O) groups excluding carboxylic acids is 2. The zero-order valence-electron chi connectivity index (χ0n) is 48.9. The molecule has 0 aromatic rings. The van der Waals surface area contributed by atoms with Crippen molar-refractivity contribution in [1.29, 1.82) is 0 Å². The first-order valence-electron chi connectivity index (χ1n) is 32.9. The monoisotopic (exact) mass is 1020 g/mol. The number of unbranched alkanes of at least 4 members (excludes halogenated alkanes) is 49. The number of hydrogen-bond acceptors (Lipinski definition) is 5. The molecule has 1 amide bonds. The third kappa shape index (κ3) is 57.9. The van der Waals surface area contributed by atoms with E-state index in [-0.39, 0.29) is 18.5 Å². The lowest BCUT2D eigenvalue weighted by molar-refractivity contribution is -0.143. The molecule has 0 saturated carbocycles. The molecule has 0 aliphatic rings. The minimum absolute atomic E-state index is 0.0167. The molecule has 0 saturated heterocycles. The van der Waals surface area contributed by atoms with E-state index >= 15 is 0 Å². The van der Waals surface area contributed by atoms with Crippen LogP contribution in [0.4, 0.5) is 0 Å². The van der Waals surface area contributed by atoms with Crippen molar-refractivity contribution >= 4 is 11.9 Å². The van der Waals surface area contributed by atoms with Crippen molar-refractivity contribution < 1.29 is 24.5 Å². The fourth-order valence-electron chi connectivity index (χ4n) is 10.5. The standard InChI is InChI=1S/C66H129NO5/c1-3-5-7-9-11-13-14-15-16-30-34-37-40-44-48-52-56-60-66(71)72-61-57-53-49-45-41-38-35-32-29-27-25-23-21-19-17-18-20-22-24-26-28-31-33-36-39-43-47-51-55-59-65(70)67-63(62-68)64(69)58-54-50-46-42-12-10-8-6-4-2/h15-16,63-64,68-69H,3-14,17-62H2,1-2H3,(H,67,70)/b16-15-. The van der Waals surface area contributed by atoms with Crippen molar-refractivity contribution in [3.05, 3.63) is 12.2 Å². The van der Waals surface area contributed by atoms with E-state index in [1.807, 2.05) is 0 Å². The molecule has 2 unspecified atom stereocenters. The van der Waals surface area contributed by atoms with Crippen LogP contribution in [0.1, 0.15) is 373 Å². The maximum atomic E-state index is 12.4. The molecule has 72 heavy (non-hydrogen) atoms. The Labute approximate surface area is 450 Å². The Balaban J connectivity index is 3.29. The van der Waals surface area contributed by atoms with Gasteiger partial charge < -0.3 is 20.3 Å². The second-order valence-electron chi connectivity index (χ2n) is 22.8. The molecular weight excluding hydrogens is 887 g/mol. The lowest BCUT2D eigenvalue weighted by atomic mass is 10.0. The van der Waals surface area contributed by atoms with Crippen LogP contribution in [0.15, 0.2) is 12.2 Å². The molecule has 2 atom stereocenters. The topological polar surface area (TPSA) is 95.9 Å². The minimum Gasteiger partial charge on any atom is -0.466 e. The first-order chi connectivity index (χ1) is 35.5. The molecule has 0 aliphatic heterocycles. The summed E-state index contributed by atoms with van der Waals surface area (Å²) < 4.78 is 5.50. The number of ether oxygens (including phenoxy) is 1. The predicted octanol–water partition coefficient (Wildman–Crippen LogP) is 20.8. The third-order valence-electron chi connectivity index (χ3n) is 15.6. The largest absolute Gasteiger partial charge is 0.466 e. The number of carbonyl (C=O) groups is 2. The molecule has 0 spiro atoms. The highest BCUT2D eigenvalue weighted by atomic mass is 16.5. The molecule has 0 aromatic carbocycles. The lowest BCUT2D eigenvalue weighted by Crippen LogP contribution is -2.45. The minimum atomic E-state index is -0.658. The van der Waals surface area contributed by atoms with Gasteiger partial charge >= 0.3 is 5.97 Å². The summed E-state index contributed by atoms with van der Waals surface area (Å²) in [5.41, 5.74) is 0. The maximum absolute atomic E-state index is 12.4. The van der Waals surface area contributed by atoms with Crippen molar-refractivity contribution in [3.63, 3.8) is 0 Å². The molecule has 6 nitrogen and oxygen atoms in total. The zero-order chi connectivity index (χ0) is 52.2. The van der Waals surface area contributed by atoms with Crippen molar-refractivity contribution in [3.8, 4) is 0 Å². The van der Waals surface area contributed by atoms with Gasteiger partial charge in [-0.15, -0.1) is 0 Å². The van der Waals surface area contributed by atoms with Crippen LogP contribution in [0.2, 0.25) is 0 Å². The molecule has 0 fully saturated rings. The second kappa shape index (κ2) is 62.1. The summed E-state index contributed by atoms with van der Waals surface area (Å²) in [6.45, 7) is 4.95. The Hall–Kier alpha value is -1.40. The van der Waals surface area contributed by atoms with Crippen LogP contribution < -0.4 is 5.32 Å². The van der Waals surface area contributed by atoms with E-state index in [1.54, 1.807) is 0 Å². The molecular formula is C66H129NO5. The van der Waals surface area contributed by atoms with E-state index in [4.69, 9.17) is 4.74 Å². The number of aliphatic hydroxyl groups is 2. The van der Waals surface area contributed by atoms with Gasteiger partial charge in [0.25, 0.3) is 0 Å². The van der Waals surface area contributed by atoms with E-state index in [1.165, 1.54) is 295 Å². The van der Waals surface area contributed by atoms with E-state index in [0.29, 0.717) is 25.9 Å². The summed E-state index contributed by atoms with van der Waals surface area (Å²) >= 11 is 0. The van der Waals surface area contributed by atoms with Crippen LogP contribution in [0.5, 0.6) is 0 Å². The van der Waals surface area contributed by atoms with Crippen molar-refractivity contribution in [2.45, 2.75) is 386 Å². The SMILES string of the molecule is CCCCCCCC/C=C\CCCCCCCCCC(=O)OCCCCCCCCCCCCCCCCCCCCCCCCCCCCCCCC(=O)NC(CO)C(O)CCCCCCCCCCC. The summed E-state index contributed by atoms with van der Waals surface area (Å²) in [7, 11) is 0. The number of amides is 1. The highest BCUT2D eigenvalue weighted by molar-refractivity contribution is 5.76. The summed E-state index contributed by atoms with van der Waals surface area (Å²) in [6.07, 6.45) is 75.5. The Kier molecular flexibility index (Phi) is 60.9. The number of allylic oxidation sites excluding steroid dienone is 2. The van der Waals surface area contributed by atoms with E-state index in [0.717, 1.165) is 44.9 Å². The van der Waals surface area contributed by atoms with Crippen molar-refractivity contribution in [2.75, 3.05) is 13.2 Å². The normalized spacial score (nSPS) is 12.6. The molecule has 6 heteroatoms. The van der Waals surface area contributed by atoms with Crippen LogP contribution in [0, 0.1) is 0 Å². The van der Waals surface area contributed by atoms with Gasteiger partial charge in [0.15, 0.2) is 0 Å². The van der Waals surface area contributed by atoms with Crippen molar-refractivity contribution in [1.82, 2.24) is 5.32 Å². The summed E-state index contributed by atoms with van der Waals surface area (Å²) in [5, 5.41) is 23.1. The van der Waals surface area contributed by atoms with Crippen LogP contribution in [-0.4, -0.2) is 47.4 Å². The van der Waals surface area contributed by atoms with Crippen LogP contribution >= 0.6 is 0 Å². The molecule has 0 bridgehead atoms. The molecule has 0 heterocycles. The molecule has 428 valence electrons. The average Bonchev–Trinajstić information content (AvgIpc) is 3.38. The van der Waals surface area contributed by atoms with E-state index in [9.17, 15) is 19.8 Å². The molecule has 0 aliphatic carbocycles. The summed E-state index contributed by atoms with van der Waals surface area (Å²) in [4.78, 5) is 24.5. The van der Waals surface area contributed by atoms with E-state index < -0.39 is 12.1 Å². The first kappa shape index (κ1) is 70.6. The lowest BCUT2D eigenvalue weighted by Gasteiger charge is -2.22. The smallest absolute Gasteiger partial charge is 0.305 e. The Morgan fingerprint density at radius 1 is 0.375 bits per heavy atom. The summed E-state index contributed by atoms with van der Waals surface area (Å²) in [6, 6.07) is -0.536. The number of aliphatic hydroxyl groups excluding tert-OH is 2. The van der Waals surface area contributed by atoms with Gasteiger partial charge in [-0.1, -0.05) is 321 Å². The van der Waals surface area contributed by atoms with Crippen LogP contribution in [0.25, 0.3) is 0 Å². The predicted molar refractivity (Wildman–Crippen MR) is 315 cm³/mol. The maximum Gasteiger partial charge on any atom is 0.305 e. The number of esters is 1. The van der Waals surface area contributed by atoms with E-state index in [2.05, 4.69) is 31.3 Å². The van der Waals surface area contributed by atoms with Crippen LogP contribution in [-0.2, 0) is 14.3 Å². The van der Waals surface area contributed by atoms with Gasteiger partial charge in [-0.2, -0.15) is 0 Å². The molecule has 0 aromatic heterocycles. The quantitative estimate of drug-likeness (QED) is 0.0320. The van der Waals surface area contributed by atoms with Crippen LogP contribution in [0.3, 0.4) is 0 Å². The fourth-order valence-corrected chi connectivity index (χ4v) is 10.5. The summed E-state index contributed by atoms with van der Waals surface area (Å²) in [5.74, 6) is -0.0154. The van der Waals surface area contributed by atoms with Gasteiger partial charge in [-0.25, -0.2) is 0 Å². The number of rotatable bonds is 62. The van der Waals surface area contributed by atoms with Gasteiger partial charge in [0.05, 0.1) is 25.4 Å². The first-order valence-corrected chi connectivity index (χ1v) is 32.9. The average molecular weight is 1020 g/mol. The van der Waals surface area contributed by atoms with Gasteiger partial charge in [-0.3, -0.25) is 9.59 Å². The fraction of sp³-hybridized carbons (Fsp3) is 0.939. The van der Waals surface area contributed by atoms with Crippen molar-refractivity contribution in [2.24, 2.45) is 0 Å².